The maximum absolute atomic E-state index is 11.3. The van der Waals surface area contributed by atoms with E-state index in [-0.39, 0.29) is 11.9 Å². The molecule has 27 heavy (non-hydrogen) atoms. The molecule has 0 fully saturated rings. The smallest absolute Gasteiger partial charge is 0.221 e. The zero-order valence-corrected chi connectivity index (χ0v) is 16.7. The van der Waals surface area contributed by atoms with Crippen LogP contribution in [0.15, 0.2) is 77.4 Å². The molecular formula is C22H22BrN3O. The van der Waals surface area contributed by atoms with E-state index in [9.17, 15) is 4.79 Å². The summed E-state index contributed by atoms with van der Waals surface area (Å²) in [5.41, 5.74) is 4.18. The first kappa shape index (κ1) is 19.3. The molecule has 1 atom stereocenters. The predicted molar refractivity (Wildman–Crippen MR) is 112 cm³/mol. The van der Waals surface area contributed by atoms with E-state index in [1.807, 2.05) is 42.6 Å². The standard InChI is InChI=1S/C22H22BrN3O/c1-16(27)26-21-7-4-5-17(13-21)15-25-22(14-20-6-2-3-12-24-20)18-8-10-19(23)11-9-18/h2-13,22,25H,14-15H2,1H3,(H,26,27)/t22-/m0/s1. The highest BCUT2D eigenvalue weighted by atomic mass is 79.9. The summed E-state index contributed by atoms with van der Waals surface area (Å²) in [5.74, 6) is -0.0667. The van der Waals surface area contributed by atoms with E-state index in [2.05, 4.69) is 61.9 Å². The molecule has 0 radical (unpaired) electrons. The van der Waals surface area contributed by atoms with E-state index < -0.39 is 0 Å². The van der Waals surface area contributed by atoms with Crippen LogP contribution < -0.4 is 10.6 Å². The number of benzene rings is 2. The summed E-state index contributed by atoms with van der Waals surface area (Å²) < 4.78 is 1.06. The van der Waals surface area contributed by atoms with Crippen LogP contribution in [0.3, 0.4) is 0 Å². The van der Waals surface area contributed by atoms with Crippen LogP contribution in [0.25, 0.3) is 0 Å². The summed E-state index contributed by atoms with van der Waals surface area (Å²) in [6, 6.07) is 22.4. The predicted octanol–water partition coefficient (Wildman–Crippen LogP) is 4.88. The highest BCUT2D eigenvalue weighted by molar-refractivity contribution is 9.10. The number of nitrogens with zero attached hydrogens (tertiary/aromatic N) is 1. The van der Waals surface area contributed by atoms with Crippen molar-refractivity contribution in [3.8, 4) is 0 Å². The Bertz CT molecular complexity index is 882. The van der Waals surface area contributed by atoms with Gasteiger partial charge in [0.1, 0.15) is 0 Å². The van der Waals surface area contributed by atoms with Crippen molar-refractivity contribution >= 4 is 27.5 Å². The number of hydrogen-bond donors (Lipinski definition) is 2. The molecule has 3 rings (SSSR count). The van der Waals surface area contributed by atoms with Crippen molar-refractivity contribution in [1.29, 1.82) is 0 Å². The summed E-state index contributed by atoms with van der Waals surface area (Å²) in [7, 11) is 0. The van der Waals surface area contributed by atoms with Crippen molar-refractivity contribution in [1.82, 2.24) is 10.3 Å². The number of rotatable bonds is 7. The lowest BCUT2D eigenvalue weighted by atomic mass is 10.0. The minimum absolute atomic E-state index is 0.0667. The van der Waals surface area contributed by atoms with Gasteiger partial charge in [-0.2, -0.15) is 0 Å². The highest BCUT2D eigenvalue weighted by Crippen LogP contribution is 2.21. The fraction of sp³-hybridized carbons (Fsp3) is 0.182. The summed E-state index contributed by atoms with van der Waals surface area (Å²) in [6.07, 6.45) is 2.62. The molecule has 5 heteroatoms. The van der Waals surface area contributed by atoms with Crippen molar-refractivity contribution < 1.29 is 4.79 Å². The topological polar surface area (TPSA) is 54.0 Å². The molecule has 4 nitrogen and oxygen atoms in total. The first-order valence-corrected chi connectivity index (χ1v) is 9.65. The van der Waals surface area contributed by atoms with Gasteiger partial charge in [0.05, 0.1) is 0 Å². The van der Waals surface area contributed by atoms with Gasteiger partial charge in [0.25, 0.3) is 0 Å². The van der Waals surface area contributed by atoms with Crippen LogP contribution in [0, 0.1) is 0 Å². The maximum Gasteiger partial charge on any atom is 0.221 e. The molecule has 0 aliphatic carbocycles. The number of hydrogen-bond acceptors (Lipinski definition) is 3. The van der Waals surface area contributed by atoms with E-state index in [1.165, 1.54) is 12.5 Å². The van der Waals surface area contributed by atoms with Gasteiger partial charge in [-0.1, -0.05) is 46.3 Å². The fourth-order valence-corrected chi connectivity index (χ4v) is 3.20. The average Bonchev–Trinajstić information content (AvgIpc) is 2.66. The lowest BCUT2D eigenvalue weighted by Gasteiger charge is -2.20. The van der Waals surface area contributed by atoms with Crippen molar-refractivity contribution in [3.63, 3.8) is 0 Å². The van der Waals surface area contributed by atoms with Gasteiger partial charge in [0.15, 0.2) is 0 Å². The van der Waals surface area contributed by atoms with Crippen LogP contribution in [0.1, 0.15) is 29.8 Å². The van der Waals surface area contributed by atoms with Crippen molar-refractivity contribution in [2.75, 3.05) is 5.32 Å². The van der Waals surface area contributed by atoms with Crippen molar-refractivity contribution in [2.24, 2.45) is 0 Å². The summed E-state index contributed by atoms with van der Waals surface area (Å²) in [6.45, 7) is 2.21. The molecule has 2 N–H and O–H groups in total. The molecule has 0 saturated carbocycles. The maximum atomic E-state index is 11.3. The Morgan fingerprint density at radius 3 is 2.59 bits per heavy atom. The van der Waals surface area contributed by atoms with Crippen LogP contribution in [-0.2, 0) is 17.8 Å². The molecule has 1 heterocycles. The summed E-state index contributed by atoms with van der Waals surface area (Å²) >= 11 is 3.50. The Hall–Kier alpha value is -2.50. The van der Waals surface area contributed by atoms with Crippen molar-refractivity contribution in [2.45, 2.75) is 25.9 Å². The molecule has 0 spiro atoms. The number of halogens is 1. The van der Waals surface area contributed by atoms with Crippen LogP contribution >= 0.6 is 15.9 Å². The molecule has 3 aromatic rings. The van der Waals surface area contributed by atoms with Gasteiger partial charge in [-0.3, -0.25) is 9.78 Å². The molecule has 0 unspecified atom stereocenters. The number of carbonyl (C=O) groups is 1. The Labute approximate surface area is 168 Å². The van der Waals surface area contributed by atoms with Gasteiger partial charge in [-0.15, -0.1) is 0 Å². The Morgan fingerprint density at radius 1 is 1.07 bits per heavy atom. The van der Waals surface area contributed by atoms with E-state index in [0.717, 1.165) is 27.8 Å². The third-order valence-electron chi connectivity index (χ3n) is 4.21. The van der Waals surface area contributed by atoms with Gasteiger partial charge >= 0.3 is 0 Å². The third-order valence-corrected chi connectivity index (χ3v) is 4.74. The minimum atomic E-state index is -0.0667. The molecule has 1 amide bonds. The number of carbonyl (C=O) groups excluding carboxylic acids is 1. The number of pyridine rings is 1. The number of anilines is 1. The first-order chi connectivity index (χ1) is 13.1. The second kappa shape index (κ2) is 9.44. The zero-order chi connectivity index (χ0) is 19.1. The fourth-order valence-electron chi connectivity index (χ4n) is 2.93. The molecule has 138 valence electrons. The molecule has 0 aliphatic heterocycles. The third kappa shape index (κ3) is 6.01. The minimum Gasteiger partial charge on any atom is -0.326 e. The second-order valence-electron chi connectivity index (χ2n) is 6.39. The monoisotopic (exact) mass is 423 g/mol. The lowest BCUT2D eigenvalue weighted by molar-refractivity contribution is -0.114. The van der Waals surface area contributed by atoms with E-state index in [0.29, 0.717) is 6.54 Å². The van der Waals surface area contributed by atoms with Gasteiger partial charge in [0, 0.05) is 48.0 Å². The lowest BCUT2D eigenvalue weighted by Crippen LogP contribution is -2.23. The van der Waals surface area contributed by atoms with Gasteiger partial charge < -0.3 is 10.6 Å². The number of aromatic nitrogens is 1. The Morgan fingerprint density at radius 2 is 1.89 bits per heavy atom. The molecule has 1 aromatic heterocycles. The quantitative estimate of drug-likeness (QED) is 0.569. The van der Waals surface area contributed by atoms with Crippen LogP contribution in [-0.4, -0.2) is 10.9 Å². The van der Waals surface area contributed by atoms with Crippen molar-refractivity contribution in [3.05, 3.63) is 94.2 Å². The van der Waals surface area contributed by atoms with Crippen LogP contribution in [0.4, 0.5) is 5.69 Å². The van der Waals surface area contributed by atoms with E-state index in [1.54, 1.807) is 0 Å². The number of amides is 1. The van der Waals surface area contributed by atoms with Gasteiger partial charge in [-0.05, 0) is 47.5 Å². The summed E-state index contributed by atoms with van der Waals surface area (Å²) in [5, 5.41) is 6.46. The Kier molecular flexibility index (Phi) is 6.74. The largest absolute Gasteiger partial charge is 0.326 e. The molecule has 2 aromatic carbocycles. The Balaban J connectivity index is 1.75. The van der Waals surface area contributed by atoms with E-state index >= 15 is 0 Å². The van der Waals surface area contributed by atoms with Gasteiger partial charge in [0.2, 0.25) is 5.91 Å². The van der Waals surface area contributed by atoms with Crippen LogP contribution in [0.5, 0.6) is 0 Å². The highest BCUT2D eigenvalue weighted by Gasteiger charge is 2.13. The van der Waals surface area contributed by atoms with Gasteiger partial charge in [-0.25, -0.2) is 0 Å². The van der Waals surface area contributed by atoms with Crippen LogP contribution in [0.2, 0.25) is 0 Å². The SMILES string of the molecule is CC(=O)Nc1cccc(CN[C@@H](Cc2ccccn2)c2ccc(Br)cc2)c1. The first-order valence-electron chi connectivity index (χ1n) is 8.85. The molecule has 0 bridgehead atoms. The van der Waals surface area contributed by atoms with E-state index in [4.69, 9.17) is 0 Å². The molecular weight excluding hydrogens is 402 g/mol. The second-order valence-corrected chi connectivity index (χ2v) is 7.31. The average molecular weight is 424 g/mol. The molecule has 0 saturated heterocycles. The molecule has 0 aliphatic rings. The zero-order valence-electron chi connectivity index (χ0n) is 15.2. The number of nitrogens with one attached hydrogen (secondary N) is 2. The normalized spacial score (nSPS) is 11.8. The summed E-state index contributed by atoms with van der Waals surface area (Å²) in [4.78, 5) is 15.7.